The molecule has 0 bridgehead atoms. The van der Waals surface area contributed by atoms with Gasteiger partial charge in [0.2, 0.25) is 0 Å². The largest absolute Gasteiger partial charge is 0.490 e. The Morgan fingerprint density at radius 2 is 2.15 bits per heavy atom. The van der Waals surface area contributed by atoms with Crippen LogP contribution in [0, 0.1) is 13.8 Å². The summed E-state index contributed by atoms with van der Waals surface area (Å²) in [6, 6.07) is 5.85. The van der Waals surface area contributed by atoms with E-state index in [1.807, 2.05) is 23.7 Å². The van der Waals surface area contributed by atoms with Gasteiger partial charge in [0.15, 0.2) is 5.96 Å². The van der Waals surface area contributed by atoms with E-state index in [1.165, 1.54) is 5.69 Å². The van der Waals surface area contributed by atoms with Crippen LogP contribution < -0.4 is 15.4 Å². The fourth-order valence-corrected chi connectivity index (χ4v) is 2.43. The van der Waals surface area contributed by atoms with Crippen molar-refractivity contribution in [1.29, 1.82) is 0 Å². The quantitative estimate of drug-likeness (QED) is 0.254. The van der Waals surface area contributed by atoms with Crippen molar-refractivity contribution >= 4 is 29.9 Å². The van der Waals surface area contributed by atoms with E-state index in [2.05, 4.69) is 45.6 Å². The Kier molecular flexibility index (Phi) is 10.7. The first kappa shape index (κ1) is 22.2. The van der Waals surface area contributed by atoms with Crippen LogP contribution in [-0.4, -0.2) is 47.0 Å². The summed E-state index contributed by atoms with van der Waals surface area (Å²) in [6.45, 7) is 9.84. The Labute approximate surface area is 172 Å². The van der Waals surface area contributed by atoms with Crippen molar-refractivity contribution in [2.24, 2.45) is 4.99 Å². The van der Waals surface area contributed by atoms with Crippen molar-refractivity contribution in [2.75, 3.05) is 26.2 Å². The second-order valence-electron chi connectivity index (χ2n) is 5.73. The maximum absolute atomic E-state index is 5.61. The first-order chi connectivity index (χ1) is 12.2. The second kappa shape index (κ2) is 12.5. The molecule has 144 valence electrons. The molecule has 2 aromatic heterocycles. The van der Waals surface area contributed by atoms with Gasteiger partial charge in [0, 0.05) is 31.5 Å². The third kappa shape index (κ3) is 8.03. The van der Waals surface area contributed by atoms with Gasteiger partial charge in [-0.25, -0.2) is 0 Å². The Bertz CT molecular complexity index is 659. The molecule has 0 saturated heterocycles. The number of nitrogens with zero attached hydrogens (tertiary/aromatic N) is 4. The highest BCUT2D eigenvalue weighted by molar-refractivity contribution is 14.0. The molecule has 2 N–H and O–H groups in total. The van der Waals surface area contributed by atoms with E-state index < -0.39 is 0 Å². The second-order valence-corrected chi connectivity index (χ2v) is 5.73. The summed E-state index contributed by atoms with van der Waals surface area (Å²) in [4.78, 5) is 8.62. The zero-order valence-electron chi connectivity index (χ0n) is 15.7. The number of aryl methyl sites for hydroxylation is 3. The summed E-state index contributed by atoms with van der Waals surface area (Å²) >= 11 is 0. The van der Waals surface area contributed by atoms with Crippen LogP contribution in [0.5, 0.6) is 5.75 Å². The molecule has 0 aliphatic carbocycles. The highest BCUT2D eigenvalue weighted by Gasteiger charge is 2.01. The summed E-state index contributed by atoms with van der Waals surface area (Å²) in [7, 11) is 0. The minimum absolute atomic E-state index is 0. The standard InChI is InChI=1S/C18H28N6O.HI/c1-4-20-18(22-10-12-25-17-7-5-8-19-14-17)21-9-6-11-24-16(3)13-15(2)23-24;/h5,7-8,13-14H,4,6,9-12H2,1-3H3,(H2,20,21,22);1H. The van der Waals surface area contributed by atoms with Crippen LogP contribution in [0.2, 0.25) is 0 Å². The molecule has 0 aliphatic rings. The van der Waals surface area contributed by atoms with Gasteiger partial charge in [-0.05, 0) is 45.4 Å². The minimum Gasteiger partial charge on any atom is -0.490 e. The molecule has 7 nitrogen and oxygen atoms in total. The van der Waals surface area contributed by atoms with Crippen LogP contribution in [0.15, 0.2) is 35.6 Å². The van der Waals surface area contributed by atoms with E-state index in [1.54, 1.807) is 12.4 Å². The number of aliphatic imine (C=N–C) groups is 1. The van der Waals surface area contributed by atoms with Gasteiger partial charge in [0.25, 0.3) is 0 Å². The molecule has 0 saturated carbocycles. The molecule has 0 unspecified atom stereocenters. The summed E-state index contributed by atoms with van der Waals surface area (Å²) in [5.74, 6) is 1.58. The normalized spacial score (nSPS) is 11.0. The van der Waals surface area contributed by atoms with Crippen LogP contribution >= 0.6 is 24.0 Å². The molecule has 2 heterocycles. The van der Waals surface area contributed by atoms with Gasteiger partial charge in [-0.1, -0.05) is 0 Å². The van der Waals surface area contributed by atoms with E-state index in [9.17, 15) is 0 Å². The van der Waals surface area contributed by atoms with Crippen LogP contribution in [0.4, 0.5) is 0 Å². The number of hydrogen-bond acceptors (Lipinski definition) is 4. The van der Waals surface area contributed by atoms with Crippen molar-refractivity contribution in [3.63, 3.8) is 0 Å². The Morgan fingerprint density at radius 1 is 1.31 bits per heavy atom. The van der Waals surface area contributed by atoms with Gasteiger partial charge in [-0.15, -0.1) is 24.0 Å². The van der Waals surface area contributed by atoms with E-state index >= 15 is 0 Å². The third-order valence-electron chi connectivity index (χ3n) is 3.54. The van der Waals surface area contributed by atoms with Crippen molar-refractivity contribution in [3.8, 4) is 5.75 Å². The summed E-state index contributed by atoms with van der Waals surface area (Å²) in [5.41, 5.74) is 2.25. The number of pyridine rings is 1. The molecule has 0 amide bonds. The molecule has 0 radical (unpaired) electrons. The molecular formula is C18H29IN6O. The molecule has 0 aliphatic heterocycles. The van der Waals surface area contributed by atoms with Crippen molar-refractivity contribution in [1.82, 2.24) is 25.4 Å². The lowest BCUT2D eigenvalue weighted by atomic mass is 10.4. The average Bonchev–Trinajstić information content (AvgIpc) is 2.93. The molecule has 2 aromatic rings. The van der Waals surface area contributed by atoms with Crippen LogP contribution in [-0.2, 0) is 6.54 Å². The number of ether oxygens (including phenoxy) is 1. The topological polar surface area (TPSA) is 76.4 Å². The summed E-state index contributed by atoms with van der Waals surface area (Å²) in [6.07, 6.45) is 4.39. The van der Waals surface area contributed by atoms with Gasteiger partial charge in [-0.2, -0.15) is 5.10 Å². The molecule has 0 aromatic carbocycles. The first-order valence-corrected chi connectivity index (χ1v) is 8.75. The number of guanidine groups is 1. The lowest BCUT2D eigenvalue weighted by Crippen LogP contribution is -2.39. The summed E-state index contributed by atoms with van der Waals surface area (Å²) in [5, 5.41) is 11.0. The third-order valence-corrected chi connectivity index (χ3v) is 3.54. The fourth-order valence-electron chi connectivity index (χ4n) is 2.43. The SMILES string of the molecule is CCNC(=NCCCn1nc(C)cc1C)NCCOc1cccnc1.I. The van der Waals surface area contributed by atoms with Crippen LogP contribution in [0.25, 0.3) is 0 Å². The average molecular weight is 472 g/mol. The number of halogens is 1. The maximum atomic E-state index is 5.61. The first-order valence-electron chi connectivity index (χ1n) is 8.75. The highest BCUT2D eigenvalue weighted by atomic mass is 127. The predicted octanol–water partition coefficient (Wildman–Crippen LogP) is 2.54. The molecule has 26 heavy (non-hydrogen) atoms. The number of rotatable bonds is 9. The number of nitrogens with one attached hydrogen (secondary N) is 2. The Morgan fingerprint density at radius 3 is 2.81 bits per heavy atom. The molecule has 8 heteroatoms. The van der Waals surface area contributed by atoms with Crippen molar-refractivity contribution < 1.29 is 4.74 Å². The molecule has 0 spiro atoms. The smallest absolute Gasteiger partial charge is 0.191 e. The monoisotopic (exact) mass is 472 g/mol. The molecule has 0 fully saturated rings. The number of hydrogen-bond donors (Lipinski definition) is 2. The van der Waals surface area contributed by atoms with Gasteiger partial charge < -0.3 is 15.4 Å². The van der Waals surface area contributed by atoms with Gasteiger partial charge in [0.1, 0.15) is 12.4 Å². The zero-order chi connectivity index (χ0) is 17.9. The fraction of sp³-hybridized carbons (Fsp3) is 0.500. The van der Waals surface area contributed by atoms with E-state index in [0.29, 0.717) is 13.2 Å². The predicted molar refractivity (Wildman–Crippen MR) is 115 cm³/mol. The molecule has 2 rings (SSSR count). The Hall–Kier alpha value is -1.84. The van der Waals surface area contributed by atoms with Gasteiger partial charge in [0.05, 0.1) is 18.4 Å². The minimum atomic E-state index is 0. The highest BCUT2D eigenvalue weighted by Crippen LogP contribution is 2.05. The lowest BCUT2D eigenvalue weighted by molar-refractivity contribution is 0.320. The lowest BCUT2D eigenvalue weighted by Gasteiger charge is -2.12. The van der Waals surface area contributed by atoms with E-state index in [0.717, 1.165) is 43.5 Å². The molecular weight excluding hydrogens is 443 g/mol. The maximum Gasteiger partial charge on any atom is 0.191 e. The van der Waals surface area contributed by atoms with Crippen molar-refractivity contribution in [2.45, 2.75) is 33.7 Å². The van der Waals surface area contributed by atoms with Crippen LogP contribution in [0.1, 0.15) is 24.7 Å². The van der Waals surface area contributed by atoms with Crippen molar-refractivity contribution in [3.05, 3.63) is 42.0 Å². The van der Waals surface area contributed by atoms with E-state index in [4.69, 9.17) is 4.74 Å². The summed E-state index contributed by atoms with van der Waals surface area (Å²) < 4.78 is 7.65. The van der Waals surface area contributed by atoms with Gasteiger partial charge >= 0.3 is 0 Å². The van der Waals surface area contributed by atoms with Crippen LogP contribution in [0.3, 0.4) is 0 Å². The zero-order valence-corrected chi connectivity index (χ0v) is 18.1. The van der Waals surface area contributed by atoms with Gasteiger partial charge in [-0.3, -0.25) is 14.7 Å². The Balaban J connectivity index is 0.00000338. The van der Waals surface area contributed by atoms with E-state index in [-0.39, 0.29) is 24.0 Å². The number of aromatic nitrogens is 3. The molecule has 0 atom stereocenters.